The summed E-state index contributed by atoms with van der Waals surface area (Å²) in [7, 11) is 0. The molecule has 0 aromatic heterocycles. The molecule has 2 aliphatic heterocycles. The van der Waals surface area contributed by atoms with E-state index in [4.69, 9.17) is 0 Å². The van der Waals surface area contributed by atoms with Crippen LogP contribution in [0.4, 0.5) is 5.69 Å². The fraction of sp³-hybridized carbons (Fsp3) is 0.438. The van der Waals surface area contributed by atoms with Crippen LogP contribution >= 0.6 is 0 Å². The van der Waals surface area contributed by atoms with E-state index in [-0.39, 0.29) is 17.0 Å². The first kappa shape index (κ1) is 12.3. The molecule has 0 radical (unpaired) electrons. The summed E-state index contributed by atoms with van der Waals surface area (Å²) in [5, 5.41) is 0. The second-order valence-corrected chi connectivity index (χ2v) is 6.04. The Morgan fingerprint density at radius 2 is 2.00 bits per heavy atom. The fourth-order valence-corrected chi connectivity index (χ4v) is 3.66. The molecule has 3 heteroatoms. The highest BCUT2D eigenvalue weighted by Crippen LogP contribution is 2.55. The maximum absolute atomic E-state index is 12.3. The lowest BCUT2D eigenvalue weighted by atomic mass is 9.76. The lowest BCUT2D eigenvalue weighted by Crippen LogP contribution is -2.59. The molecule has 1 amide bonds. The molecule has 1 fully saturated rings. The summed E-state index contributed by atoms with van der Waals surface area (Å²) in [6, 6.07) is 8.41. The van der Waals surface area contributed by atoms with E-state index in [1.165, 1.54) is 11.3 Å². The number of hydrogen-bond acceptors (Lipinski definition) is 2. The normalized spacial score (nSPS) is 27.4. The third-order valence-corrected chi connectivity index (χ3v) is 5.01. The van der Waals surface area contributed by atoms with Gasteiger partial charge in [-0.1, -0.05) is 38.1 Å². The number of carbonyl (C=O) groups is 1. The van der Waals surface area contributed by atoms with Crippen LogP contribution in [0.1, 0.15) is 26.3 Å². The van der Waals surface area contributed by atoms with E-state index >= 15 is 0 Å². The Bertz CT molecular complexity index is 564. The molecule has 1 aromatic carbocycles. The molecule has 3 rings (SSSR count). The summed E-state index contributed by atoms with van der Waals surface area (Å²) in [5.74, 6) is 0.185. The first-order valence-electron chi connectivity index (χ1n) is 6.73. The van der Waals surface area contributed by atoms with Gasteiger partial charge in [0.2, 0.25) is 5.91 Å². The summed E-state index contributed by atoms with van der Waals surface area (Å²) in [4.78, 5) is 16.5. The van der Waals surface area contributed by atoms with Gasteiger partial charge in [0.05, 0.1) is 6.54 Å². The van der Waals surface area contributed by atoms with Crippen LogP contribution in [-0.2, 0) is 10.2 Å². The molecule has 0 unspecified atom stereocenters. The molecule has 0 spiro atoms. The Kier molecular flexibility index (Phi) is 2.34. The minimum absolute atomic E-state index is 0.0984. The number of nitrogens with zero attached hydrogens (tertiary/aromatic N) is 2. The third-order valence-electron chi connectivity index (χ3n) is 5.01. The lowest BCUT2D eigenvalue weighted by Gasteiger charge is -2.45. The molecule has 19 heavy (non-hydrogen) atoms. The quantitative estimate of drug-likeness (QED) is 0.759. The van der Waals surface area contributed by atoms with Crippen molar-refractivity contribution >= 4 is 11.6 Å². The lowest BCUT2D eigenvalue weighted by molar-refractivity contribution is -0.130. The number of anilines is 1. The van der Waals surface area contributed by atoms with Crippen LogP contribution in [0.5, 0.6) is 0 Å². The van der Waals surface area contributed by atoms with Gasteiger partial charge in [0, 0.05) is 17.6 Å². The number of hydrogen-bond donors (Lipinski definition) is 0. The highest BCUT2D eigenvalue weighted by Gasteiger charge is 2.61. The van der Waals surface area contributed by atoms with Crippen LogP contribution in [-0.4, -0.2) is 29.6 Å². The monoisotopic (exact) mass is 256 g/mol. The standard InChI is InChI=1S/C16H20N2O/c1-5-10-17-14(19)11-18-13-9-7-6-8-12(13)15(2,3)16(17,18)4/h5-9H,1,10-11H2,2-4H3/t16-/m1/s1. The van der Waals surface area contributed by atoms with Crippen molar-refractivity contribution in [3.8, 4) is 0 Å². The molecular formula is C16H20N2O. The van der Waals surface area contributed by atoms with Crippen molar-refractivity contribution in [2.24, 2.45) is 0 Å². The summed E-state index contributed by atoms with van der Waals surface area (Å²) in [5.41, 5.74) is 2.11. The second-order valence-electron chi connectivity index (χ2n) is 6.04. The van der Waals surface area contributed by atoms with Gasteiger partial charge in [-0.15, -0.1) is 6.58 Å². The van der Waals surface area contributed by atoms with Gasteiger partial charge < -0.3 is 9.80 Å². The van der Waals surface area contributed by atoms with E-state index in [1.54, 1.807) is 0 Å². The van der Waals surface area contributed by atoms with Crippen molar-refractivity contribution in [3.63, 3.8) is 0 Å². The van der Waals surface area contributed by atoms with Gasteiger partial charge in [-0.3, -0.25) is 4.79 Å². The van der Waals surface area contributed by atoms with Gasteiger partial charge in [-0.05, 0) is 18.6 Å². The summed E-state index contributed by atoms with van der Waals surface area (Å²) in [6.07, 6.45) is 1.81. The maximum atomic E-state index is 12.3. The number of rotatable bonds is 2. The van der Waals surface area contributed by atoms with E-state index in [2.05, 4.69) is 50.4 Å². The zero-order valence-electron chi connectivity index (χ0n) is 11.8. The van der Waals surface area contributed by atoms with Gasteiger partial charge in [0.25, 0.3) is 0 Å². The third kappa shape index (κ3) is 1.25. The van der Waals surface area contributed by atoms with Crippen molar-refractivity contribution in [1.82, 2.24) is 4.90 Å². The second kappa shape index (κ2) is 3.62. The van der Waals surface area contributed by atoms with E-state index in [0.717, 1.165) is 0 Å². The Labute approximate surface area is 114 Å². The predicted octanol–water partition coefficient (Wildman–Crippen LogP) is 2.53. The summed E-state index contributed by atoms with van der Waals surface area (Å²) < 4.78 is 0. The highest BCUT2D eigenvalue weighted by molar-refractivity contribution is 5.90. The molecule has 2 aliphatic rings. The molecule has 0 saturated carbocycles. The molecule has 0 aliphatic carbocycles. The number of amides is 1. The van der Waals surface area contributed by atoms with Crippen molar-refractivity contribution in [2.45, 2.75) is 31.8 Å². The minimum Gasteiger partial charge on any atom is -0.338 e. The smallest absolute Gasteiger partial charge is 0.244 e. The van der Waals surface area contributed by atoms with E-state index in [1.807, 2.05) is 17.0 Å². The minimum atomic E-state index is -0.304. The highest BCUT2D eigenvalue weighted by atomic mass is 16.2. The van der Waals surface area contributed by atoms with Crippen LogP contribution in [0.2, 0.25) is 0 Å². The molecule has 1 atom stereocenters. The molecule has 1 saturated heterocycles. The van der Waals surface area contributed by atoms with Crippen LogP contribution in [0.15, 0.2) is 36.9 Å². The van der Waals surface area contributed by atoms with Gasteiger partial charge in [-0.2, -0.15) is 0 Å². The maximum Gasteiger partial charge on any atom is 0.244 e. The summed E-state index contributed by atoms with van der Waals surface area (Å²) >= 11 is 0. The van der Waals surface area contributed by atoms with Crippen molar-refractivity contribution in [3.05, 3.63) is 42.5 Å². The zero-order chi connectivity index (χ0) is 13.8. The number of para-hydroxylation sites is 1. The molecule has 1 aromatic rings. The zero-order valence-corrected chi connectivity index (χ0v) is 11.8. The molecular weight excluding hydrogens is 236 g/mol. The molecule has 2 heterocycles. The average molecular weight is 256 g/mol. The first-order valence-corrected chi connectivity index (χ1v) is 6.73. The summed E-state index contributed by atoms with van der Waals surface area (Å²) in [6.45, 7) is 11.5. The van der Waals surface area contributed by atoms with Crippen molar-refractivity contribution in [2.75, 3.05) is 18.0 Å². The molecule has 0 N–H and O–H groups in total. The first-order chi connectivity index (χ1) is 8.94. The number of fused-ring (bicyclic) bond motifs is 3. The Morgan fingerprint density at radius 1 is 1.32 bits per heavy atom. The number of benzene rings is 1. The van der Waals surface area contributed by atoms with Crippen LogP contribution in [0.3, 0.4) is 0 Å². The van der Waals surface area contributed by atoms with E-state index in [0.29, 0.717) is 13.1 Å². The average Bonchev–Trinajstić information content (AvgIpc) is 2.73. The van der Waals surface area contributed by atoms with Gasteiger partial charge in [0.15, 0.2) is 0 Å². The van der Waals surface area contributed by atoms with E-state index in [9.17, 15) is 4.79 Å². The predicted molar refractivity (Wildman–Crippen MR) is 77.1 cm³/mol. The van der Waals surface area contributed by atoms with Gasteiger partial charge in [-0.25, -0.2) is 0 Å². The van der Waals surface area contributed by atoms with Crippen LogP contribution < -0.4 is 4.90 Å². The molecule has 100 valence electrons. The van der Waals surface area contributed by atoms with Crippen LogP contribution in [0, 0.1) is 0 Å². The van der Waals surface area contributed by atoms with Gasteiger partial charge >= 0.3 is 0 Å². The fourth-order valence-electron chi connectivity index (χ4n) is 3.66. The molecule has 0 bridgehead atoms. The Morgan fingerprint density at radius 3 is 2.68 bits per heavy atom. The SMILES string of the molecule is C=CCN1C(=O)CN2c3ccccc3C(C)(C)[C@]12C. The molecule has 3 nitrogen and oxygen atoms in total. The topological polar surface area (TPSA) is 23.6 Å². The van der Waals surface area contributed by atoms with Crippen LogP contribution in [0.25, 0.3) is 0 Å². The van der Waals surface area contributed by atoms with Crippen molar-refractivity contribution < 1.29 is 4.79 Å². The largest absolute Gasteiger partial charge is 0.338 e. The van der Waals surface area contributed by atoms with E-state index < -0.39 is 0 Å². The van der Waals surface area contributed by atoms with Gasteiger partial charge in [0.1, 0.15) is 5.66 Å². The number of carbonyl (C=O) groups excluding carboxylic acids is 1. The Balaban J connectivity index is 2.21. The Hall–Kier alpha value is -1.77. The van der Waals surface area contributed by atoms with Crippen molar-refractivity contribution in [1.29, 1.82) is 0 Å².